The van der Waals surface area contributed by atoms with Gasteiger partial charge in [-0.3, -0.25) is 14.4 Å². The maximum Gasteiger partial charge on any atom is 0.249 e. The molecule has 1 amide bonds. The lowest BCUT2D eigenvalue weighted by Crippen LogP contribution is -2.67. The molecule has 4 saturated carbocycles. The van der Waals surface area contributed by atoms with E-state index in [4.69, 9.17) is 4.84 Å². The first-order valence-electron chi connectivity index (χ1n) is 15.3. The Morgan fingerprint density at radius 3 is 2.23 bits per heavy atom. The number of ketones is 1. The van der Waals surface area contributed by atoms with Crippen LogP contribution in [0.4, 0.5) is 0 Å². The van der Waals surface area contributed by atoms with Crippen molar-refractivity contribution >= 4 is 21.7 Å². The highest BCUT2D eigenvalue weighted by Crippen LogP contribution is 2.75. The van der Waals surface area contributed by atoms with Crippen molar-refractivity contribution < 1.29 is 22.8 Å². The van der Waals surface area contributed by atoms with Crippen LogP contribution in [0.3, 0.4) is 0 Å². The zero-order valence-electron chi connectivity index (χ0n) is 26.2. The predicted octanol–water partition coefficient (Wildman–Crippen LogP) is 5.56. The average Bonchev–Trinajstić information content (AvgIpc) is 2.83. The molecule has 0 bridgehead atoms. The number of allylic oxidation sites excluding steroid dienone is 2. The standard InChI is InChI=1S/C32H52N2O5S/c1-27(2)23-10-13-32(7)25(30(23,5)12-11-24(27)34-40(9,37)38)22(35)18-20-21-19-29(4,26(36)33-39-8)15-14-28(21,3)16-17-31(20,32)6/h18,21,23-25,34H,10-17,19H2,1-9H3,(H,33,36)/t21-,23?,24-,25+,28+,29-,30-,31+,32+/m0/s1. The van der Waals surface area contributed by atoms with Crippen LogP contribution in [0.2, 0.25) is 0 Å². The first kappa shape index (κ1) is 30.2. The Kier molecular flexibility index (Phi) is 6.89. The van der Waals surface area contributed by atoms with Gasteiger partial charge < -0.3 is 0 Å². The zero-order valence-corrected chi connectivity index (χ0v) is 27.0. The van der Waals surface area contributed by atoms with Gasteiger partial charge in [-0.15, -0.1) is 0 Å². The number of carbonyl (C=O) groups is 2. The van der Waals surface area contributed by atoms with Gasteiger partial charge in [-0.25, -0.2) is 18.6 Å². The normalized spacial score (nSPS) is 48.1. The monoisotopic (exact) mass is 576 g/mol. The van der Waals surface area contributed by atoms with Gasteiger partial charge >= 0.3 is 0 Å². The molecule has 0 aliphatic heterocycles. The number of hydrogen-bond acceptors (Lipinski definition) is 5. The van der Waals surface area contributed by atoms with Crippen molar-refractivity contribution in [3.63, 3.8) is 0 Å². The summed E-state index contributed by atoms with van der Waals surface area (Å²) in [5, 5.41) is 0. The van der Waals surface area contributed by atoms with Crippen LogP contribution in [0.1, 0.15) is 106 Å². The molecular formula is C32H52N2O5S. The summed E-state index contributed by atoms with van der Waals surface area (Å²) >= 11 is 0. The fourth-order valence-corrected chi connectivity index (χ4v) is 12.0. The van der Waals surface area contributed by atoms with E-state index in [1.807, 2.05) is 6.08 Å². The molecule has 1 unspecified atom stereocenters. The molecule has 9 atom stereocenters. The van der Waals surface area contributed by atoms with Gasteiger partial charge in [-0.2, -0.15) is 0 Å². The van der Waals surface area contributed by atoms with Crippen molar-refractivity contribution in [1.29, 1.82) is 0 Å². The largest absolute Gasteiger partial charge is 0.295 e. The van der Waals surface area contributed by atoms with Crippen molar-refractivity contribution in [2.45, 2.75) is 112 Å². The summed E-state index contributed by atoms with van der Waals surface area (Å²) in [4.78, 5) is 32.6. The topological polar surface area (TPSA) is 102 Å². The third-order valence-corrected chi connectivity index (χ3v) is 14.4. The lowest BCUT2D eigenvalue weighted by Gasteiger charge is -2.70. The molecule has 40 heavy (non-hydrogen) atoms. The van der Waals surface area contributed by atoms with E-state index in [2.05, 4.69) is 58.7 Å². The van der Waals surface area contributed by atoms with Gasteiger partial charge in [-0.05, 0) is 103 Å². The molecule has 0 radical (unpaired) electrons. The molecule has 5 rings (SSSR count). The molecule has 0 aromatic heterocycles. The second kappa shape index (κ2) is 9.12. The molecule has 5 aliphatic carbocycles. The lowest BCUT2D eigenvalue weighted by molar-refractivity contribution is -0.188. The van der Waals surface area contributed by atoms with Crippen LogP contribution in [-0.4, -0.2) is 39.5 Å². The van der Waals surface area contributed by atoms with Gasteiger partial charge in [0.25, 0.3) is 0 Å². The van der Waals surface area contributed by atoms with E-state index in [0.29, 0.717) is 0 Å². The minimum atomic E-state index is -3.32. The highest BCUT2D eigenvalue weighted by Gasteiger charge is 2.70. The summed E-state index contributed by atoms with van der Waals surface area (Å²) in [5.41, 5.74) is 2.68. The van der Waals surface area contributed by atoms with E-state index in [0.717, 1.165) is 57.8 Å². The Morgan fingerprint density at radius 1 is 0.950 bits per heavy atom. The average molecular weight is 577 g/mol. The lowest BCUT2D eigenvalue weighted by atomic mass is 9.33. The van der Waals surface area contributed by atoms with E-state index in [1.165, 1.54) is 18.9 Å². The van der Waals surface area contributed by atoms with Crippen molar-refractivity contribution in [3.8, 4) is 0 Å². The number of amides is 1. The number of rotatable bonds is 4. The highest BCUT2D eigenvalue weighted by atomic mass is 32.2. The van der Waals surface area contributed by atoms with E-state index in [-0.39, 0.29) is 62.6 Å². The zero-order chi connectivity index (χ0) is 29.7. The summed E-state index contributed by atoms with van der Waals surface area (Å²) in [6.07, 6.45) is 11.5. The minimum absolute atomic E-state index is 0.0640. The van der Waals surface area contributed by atoms with Gasteiger partial charge in [0.05, 0.1) is 13.4 Å². The summed E-state index contributed by atoms with van der Waals surface area (Å²) in [5.74, 6) is 0.530. The molecule has 0 saturated heterocycles. The number of carbonyl (C=O) groups excluding carboxylic acids is 2. The molecule has 0 spiro atoms. The fraction of sp³-hybridized carbons (Fsp3) is 0.875. The van der Waals surface area contributed by atoms with E-state index in [9.17, 15) is 18.0 Å². The van der Waals surface area contributed by atoms with Crippen molar-refractivity contribution in [3.05, 3.63) is 11.6 Å². The van der Waals surface area contributed by atoms with Gasteiger partial charge in [0.15, 0.2) is 5.78 Å². The van der Waals surface area contributed by atoms with Crippen LogP contribution < -0.4 is 10.2 Å². The Morgan fingerprint density at radius 2 is 1.60 bits per heavy atom. The summed E-state index contributed by atoms with van der Waals surface area (Å²) in [6, 6.07) is -0.126. The Bertz CT molecular complexity index is 1240. The van der Waals surface area contributed by atoms with E-state index >= 15 is 0 Å². The molecular weight excluding hydrogens is 524 g/mol. The van der Waals surface area contributed by atoms with Crippen molar-refractivity contribution in [1.82, 2.24) is 10.2 Å². The van der Waals surface area contributed by atoms with Crippen LogP contribution in [0.5, 0.6) is 0 Å². The fourth-order valence-electron chi connectivity index (χ4n) is 11.1. The third kappa shape index (κ3) is 4.12. The molecule has 226 valence electrons. The quantitative estimate of drug-likeness (QED) is 0.427. The molecule has 0 aromatic carbocycles. The summed E-state index contributed by atoms with van der Waals surface area (Å²) in [7, 11) is -1.84. The van der Waals surface area contributed by atoms with Crippen LogP contribution >= 0.6 is 0 Å². The predicted molar refractivity (Wildman–Crippen MR) is 156 cm³/mol. The first-order valence-corrected chi connectivity index (χ1v) is 17.2. The number of sulfonamides is 1. The van der Waals surface area contributed by atoms with Crippen molar-refractivity contribution in [2.24, 2.45) is 50.2 Å². The maximum atomic E-state index is 14.5. The molecule has 4 fully saturated rings. The second-order valence-corrected chi connectivity index (χ2v) is 18.0. The molecule has 0 aromatic rings. The molecule has 7 nitrogen and oxygen atoms in total. The Hall–Kier alpha value is -1.25. The second-order valence-electron chi connectivity index (χ2n) is 16.2. The number of fused-ring (bicyclic) bond motifs is 7. The van der Waals surface area contributed by atoms with Crippen LogP contribution in [0, 0.1) is 50.2 Å². The van der Waals surface area contributed by atoms with Gasteiger partial charge in [0, 0.05) is 17.4 Å². The van der Waals surface area contributed by atoms with Crippen LogP contribution in [0.15, 0.2) is 11.6 Å². The Labute approximate surface area is 242 Å². The summed E-state index contributed by atoms with van der Waals surface area (Å²) < 4.78 is 27.4. The molecule has 2 N–H and O–H groups in total. The molecule has 8 heteroatoms. The van der Waals surface area contributed by atoms with Crippen LogP contribution in [-0.2, 0) is 24.4 Å². The third-order valence-electron chi connectivity index (χ3n) is 13.7. The highest BCUT2D eigenvalue weighted by molar-refractivity contribution is 7.88. The molecule has 0 heterocycles. The van der Waals surface area contributed by atoms with Crippen molar-refractivity contribution in [2.75, 3.05) is 13.4 Å². The van der Waals surface area contributed by atoms with Gasteiger partial charge in [0.1, 0.15) is 0 Å². The Balaban J connectivity index is 1.55. The smallest absolute Gasteiger partial charge is 0.249 e. The van der Waals surface area contributed by atoms with Gasteiger partial charge in [0.2, 0.25) is 15.9 Å². The first-order chi connectivity index (χ1) is 18.3. The maximum absolute atomic E-state index is 14.5. The molecule has 5 aliphatic rings. The van der Waals surface area contributed by atoms with E-state index < -0.39 is 15.4 Å². The van der Waals surface area contributed by atoms with Crippen LogP contribution in [0.25, 0.3) is 0 Å². The number of nitrogens with one attached hydrogen (secondary N) is 2. The minimum Gasteiger partial charge on any atom is -0.295 e. The van der Waals surface area contributed by atoms with Gasteiger partial charge in [-0.1, -0.05) is 54.0 Å². The summed E-state index contributed by atoms with van der Waals surface area (Å²) in [6.45, 7) is 16.0. The van der Waals surface area contributed by atoms with E-state index in [1.54, 1.807) is 0 Å². The number of hydroxylamine groups is 1. The number of hydrogen-bond donors (Lipinski definition) is 2. The SMILES string of the molecule is CONC(=O)[C@@]1(C)CC[C@]2(C)CC[C@]3(C)C(=CC(=O)[C@@H]4[C@@]5(C)CC[C@H](NS(C)(=O)=O)C(C)(C)C5CC[C@]43C)[C@@H]2C1.